The van der Waals surface area contributed by atoms with Crippen LogP contribution in [0, 0.1) is 12.3 Å². The molecule has 0 aliphatic rings. The molecule has 1 aromatic carbocycles. The summed E-state index contributed by atoms with van der Waals surface area (Å²) in [7, 11) is 0. The van der Waals surface area contributed by atoms with Crippen LogP contribution in [0.25, 0.3) is 0 Å². The van der Waals surface area contributed by atoms with Gasteiger partial charge in [0.1, 0.15) is 18.5 Å². The zero-order chi connectivity index (χ0) is 12.5. The molecule has 1 unspecified atom stereocenters. The summed E-state index contributed by atoms with van der Waals surface area (Å²) >= 11 is 5.74. The predicted molar refractivity (Wildman–Crippen MR) is 69.3 cm³/mol. The molecule has 2 N–H and O–H groups in total. The molecule has 0 amide bonds. The van der Waals surface area contributed by atoms with Crippen molar-refractivity contribution in [2.24, 2.45) is 0 Å². The van der Waals surface area contributed by atoms with E-state index in [0.29, 0.717) is 30.3 Å². The Labute approximate surface area is 107 Å². The van der Waals surface area contributed by atoms with E-state index in [1.54, 1.807) is 24.3 Å². The highest BCUT2D eigenvalue weighted by Gasteiger charge is 2.04. The number of ether oxygens (including phenoxy) is 1. The van der Waals surface area contributed by atoms with Crippen LogP contribution in [0.5, 0.6) is 5.75 Å². The number of terminal acetylenes is 1. The van der Waals surface area contributed by atoms with Crippen LogP contribution in [0.1, 0.15) is 6.42 Å². The summed E-state index contributed by atoms with van der Waals surface area (Å²) < 4.78 is 5.39. The predicted octanol–water partition coefficient (Wildman–Crippen LogP) is 1.69. The number of rotatable bonds is 7. The van der Waals surface area contributed by atoms with Crippen molar-refractivity contribution < 1.29 is 9.84 Å². The summed E-state index contributed by atoms with van der Waals surface area (Å²) in [5, 5.41) is 13.3. The van der Waals surface area contributed by atoms with Crippen LogP contribution in [0.15, 0.2) is 24.3 Å². The Hall–Kier alpha value is -1.21. The second-order valence-corrected chi connectivity index (χ2v) is 4.01. The Balaban J connectivity index is 2.17. The minimum absolute atomic E-state index is 0.241. The SMILES string of the molecule is C#CCCNCC(O)COc1ccc(Cl)cc1. The number of hydrogen-bond acceptors (Lipinski definition) is 3. The molecule has 1 atom stereocenters. The average Bonchev–Trinajstić information content (AvgIpc) is 2.34. The number of aliphatic hydroxyl groups is 1. The average molecular weight is 254 g/mol. The van der Waals surface area contributed by atoms with Crippen LogP contribution in [-0.4, -0.2) is 30.9 Å². The van der Waals surface area contributed by atoms with Crippen LogP contribution < -0.4 is 10.1 Å². The first-order chi connectivity index (χ1) is 8.22. The first kappa shape index (κ1) is 13.9. The molecule has 92 valence electrons. The van der Waals surface area contributed by atoms with E-state index in [1.165, 1.54) is 0 Å². The van der Waals surface area contributed by atoms with E-state index in [2.05, 4.69) is 11.2 Å². The summed E-state index contributed by atoms with van der Waals surface area (Å²) in [5.41, 5.74) is 0. The second kappa shape index (κ2) is 7.97. The molecule has 0 bridgehead atoms. The highest BCUT2D eigenvalue weighted by Crippen LogP contribution is 2.15. The van der Waals surface area contributed by atoms with Gasteiger partial charge in [-0.1, -0.05) is 11.6 Å². The molecule has 17 heavy (non-hydrogen) atoms. The van der Waals surface area contributed by atoms with Crippen LogP contribution in [0.2, 0.25) is 5.02 Å². The highest BCUT2D eigenvalue weighted by atomic mass is 35.5. The van der Waals surface area contributed by atoms with Crippen molar-refractivity contribution >= 4 is 11.6 Å². The zero-order valence-electron chi connectivity index (χ0n) is 9.53. The quantitative estimate of drug-likeness (QED) is 0.574. The van der Waals surface area contributed by atoms with Gasteiger partial charge in [-0.2, -0.15) is 0 Å². The van der Waals surface area contributed by atoms with Gasteiger partial charge in [-0.3, -0.25) is 0 Å². The summed E-state index contributed by atoms with van der Waals surface area (Å²) in [5.74, 6) is 3.21. The summed E-state index contributed by atoms with van der Waals surface area (Å²) in [6, 6.07) is 7.02. The molecular formula is C13H16ClNO2. The Morgan fingerprint density at radius 1 is 1.41 bits per heavy atom. The third kappa shape index (κ3) is 6.18. The van der Waals surface area contributed by atoms with E-state index < -0.39 is 6.10 Å². The second-order valence-electron chi connectivity index (χ2n) is 3.58. The Bertz CT molecular complexity index is 359. The van der Waals surface area contributed by atoms with Gasteiger partial charge in [-0.05, 0) is 24.3 Å². The minimum Gasteiger partial charge on any atom is -0.491 e. The van der Waals surface area contributed by atoms with Crippen molar-refractivity contribution in [2.75, 3.05) is 19.7 Å². The van der Waals surface area contributed by atoms with E-state index in [4.69, 9.17) is 22.8 Å². The van der Waals surface area contributed by atoms with Crippen LogP contribution in [0.4, 0.5) is 0 Å². The molecule has 0 aliphatic heterocycles. The molecule has 0 aromatic heterocycles. The summed E-state index contributed by atoms with van der Waals surface area (Å²) in [6.07, 6.45) is 5.21. The number of aliphatic hydroxyl groups excluding tert-OH is 1. The third-order valence-electron chi connectivity index (χ3n) is 2.08. The molecule has 1 rings (SSSR count). The molecule has 0 saturated carbocycles. The zero-order valence-corrected chi connectivity index (χ0v) is 10.3. The summed E-state index contributed by atoms with van der Waals surface area (Å²) in [6.45, 7) is 1.41. The molecule has 1 aromatic rings. The van der Waals surface area contributed by atoms with Crippen molar-refractivity contribution in [3.63, 3.8) is 0 Å². The van der Waals surface area contributed by atoms with Gasteiger partial charge >= 0.3 is 0 Å². The first-order valence-electron chi connectivity index (χ1n) is 5.43. The molecule has 0 aliphatic carbocycles. The molecule has 0 fully saturated rings. The number of benzene rings is 1. The lowest BCUT2D eigenvalue weighted by Gasteiger charge is -2.12. The lowest BCUT2D eigenvalue weighted by Crippen LogP contribution is -2.31. The molecule has 0 saturated heterocycles. The normalized spacial score (nSPS) is 11.8. The maximum absolute atomic E-state index is 9.60. The van der Waals surface area contributed by atoms with Gasteiger partial charge in [0.15, 0.2) is 0 Å². The Kier molecular flexibility index (Phi) is 6.49. The standard InChI is InChI=1S/C13H16ClNO2/c1-2-3-8-15-9-12(16)10-17-13-6-4-11(14)5-7-13/h1,4-7,12,15-16H,3,8-10H2. The van der Waals surface area contributed by atoms with Gasteiger partial charge in [0.2, 0.25) is 0 Å². The maximum atomic E-state index is 9.60. The molecular weight excluding hydrogens is 238 g/mol. The topological polar surface area (TPSA) is 41.5 Å². The lowest BCUT2D eigenvalue weighted by molar-refractivity contribution is 0.107. The fourth-order valence-electron chi connectivity index (χ4n) is 1.21. The van der Waals surface area contributed by atoms with E-state index >= 15 is 0 Å². The van der Waals surface area contributed by atoms with Gasteiger partial charge in [0, 0.05) is 24.5 Å². The highest BCUT2D eigenvalue weighted by molar-refractivity contribution is 6.30. The van der Waals surface area contributed by atoms with Crippen molar-refractivity contribution in [2.45, 2.75) is 12.5 Å². The monoisotopic (exact) mass is 253 g/mol. The fraction of sp³-hybridized carbons (Fsp3) is 0.385. The fourth-order valence-corrected chi connectivity index (χ4v) is 1.34. The smallest absolute Gasteiger partial charge is 0.119 e. The molecule has 0 radical (unpaired) electrons. The van der Waals surface area contributed by atoms with E-state index in [-0.39, 0.29) is 6.61 Å². The molecule has 4 heteroatoms. The largest absolute Gasteiger partial charge is 0.491 e. The van der Waals surface area contributed by atoms with E-state index in [9.17, 15) is 5.11 Å². The first-order valence-corrected chi connectivity index (χ1v) is 5.81. The van der Waals surface area contributed by atoms with Gasteiger partial charge in [-0.15, -0.1) is 12.3 Å². The van der Waals surface area contributed by atoms with Gasteiger partial charge in [-0.25, -0.2) is 0 Å². The van der Waals surface area contributed by atoms with Crippen molar-refractivity contribution in [1.82, 2.24) is 5.32 Å². The van der Waals surface area contributed by atoms with Crippen molar-refractivity contribution in [1.29, 1.82) is 0 Å². The van der Waals surface area contributed by atoms with Crippen LogP contribution in [-0.2, 0) is 0 Å². The van der Waals surface area contributed by atoms with Crippen LogP contribution in [0.3, 0.4) is 0 Å². The van der Waals surface area contributed by atoms with Gasteiger partial charge < -0.3 is 15.2 Å². The molecule has 0 heterocycles. The third-order valence-corrected chi connectivity index (χ3v) is 2.33. The van der Waals surface area contributed by atoms with Crippen LogP contribution >= 0.6 is 11.6 Å². The van der Waals surface area contributed by atoms with E-state index in [0.717, 1.165) is 0 Å². The maximum Gasteiger partial charge on any atom is 0.119 e. The van der Waals surface area contributed by atoms with Gasteiger partial charge in [0.05, 0.1) is 0 Å². The van der Waals surface area contributed by atoms with Crippen molar-refractivity contribution in [3.8, 4) is 18.1 Å². The lowest BCUT2D eigenvalue weighted by atomic mass is 10.3. The Morgan fingerprint density at radius 2 is 2.12 bits per heavy atom. The number of halogens is 1. The molecule has 3 nitrogen and oxygen atoms in total. The van der Waals surface area contributed by atoms with Crippen molar-refractivity contribution in [3.05, 3.63) is 29.3 Å². The van der Waals surface area contributed by atoms with E-state index in [1.807, 2.05) is 0 Å². The molecule has 0 spiro atoms. The Morgan fingerprint density at radius 3 is 2.76 bits per heavy atom. The van der Waals surface area contributed by atoms with Gasteiger partial charge in [0.25, 0.3) is 0 Å². The number of hydrogen-bond donors (Lipinski definition) is 2. The minimum atomic E-state index is -0.552. The number of nitrogens with one attached hydrogen (secondary N) is 1. The summed E-state index contributed by atoms with van der Waals surface area (Å²) in [4.78, 5) is 0.